The number of rotatable bonds is 2. The molecule has 0 bridgehead atoms. The maximum absolute atomic E-state index is 10.4. The number of carbonyl (C=O) groups excluding carboxylic acids is 1. The average Bonchev–Trinajstić information content (AvgIpc) is 1.60. The van der Waals surface area contributed by atoms with Crippen LogP contribution in [0.4, 0.5) is 0 Å². The zero-order valence-corrected chi connectivity index (χ0v) is 6.90. The van der Waals surface area contributed by atoms with Gasteiger partial charge in [0.05, 0.1) is 0 Å². The van der Waals surface area contributed by atoms with E-state index in [1.807, 2.05) is 20.8 Å². The summed E-state index contributed by atoms with van der Waals surface area (Å²) in [7, 11) is 0. The van der Waals surface area contributed by atoms with Gasteiger partial charge in [-0.15, -0.1) is 0 Å². The van der Waals surface area contributed by atoms with E-state index in [4.69, 9.17) is 5.73 Å². The van der Waals surface area contributed by atoms with Gasteiger partial charge in [0.15, 0.2) is 0 Å². The molecule has 58 valence electrons. The molecule has 0 aliphatic heterocycles. The molecule has 10 heavy (non-hydrogen) atoms. The molecule has 0 aromatic carbocycles. The molecule has 0 aliphatic carbocycles. The molecule has 0 heterocycles. The van der Waals surface area contributed by atoms with Crippen molar-refractivity contribution in [2.75, 3.05) is 0 Å². The fourth-order valence-electron chi connectivity index (χ4n) is 0.475. The van der Waals surface area contributed by atoms with E-state index >= 15 is 0 Å². The summed E-state index contributed by atoms with van der Waals surface area (Å²) in [5.41, 5.74) is 5.87. The van der Waals surface area contributed by atoms with Crippen LogP contribution in [0.5, 0.6) is 0 Å². The van der Waals surface area contributed by atoms with Gasteiger partial charge in [-0.05, 0) is 5.41 Å². The Kier molecular flexibility index (Phi) is 2.64. The van der Waals surface area contributed by atoms with Gasteiger partial charge in [-0.2, -0.15) is 0 Å². The number of hydrogen-bond acceptors (Lipinski definition) is 1. The molecule has 0 saturated carbocycles. The molecule has 1 amide bonds. The van der Waals surface area contributed by atoms with Crippen LogP contribution in [0.3, 0.4) is 0 Å². The molecule has 0 aromatic rings. The van der Waals surface area contributed by atoms with Crippen molar-refractivity contribution in [2.24, 2.45) is 11.1 Å². The fourth-order valence-corrected chi connectivity index (χ4v) is 0.475. The number of nitrogens with two attached hydrogens (primary N) is 1. The van der Waals surface area contributed by atoms with Crippen molar-refractivity contribution < 1.29 is 4.79 Å². The lowest BCUT2D eigenvalue weighted by Gasteiger charge is -2.20. The van der Waals surface area contributed by atoms with Crippen LogP contribution in [0.15, 0.2) is 12.2 Å². The number of primary amides is 1. The lowest BCUT2D eigenvalue weighted by molar-refractivity contribution is -0.117. The van der Waals surface area contributed by atoms with Crippen molar-refractivity contribution in [2.45, 2.75) is 27.2 Å². The van der Waals surface area contributed by atoms with Gasteiger partial charge in [-0.1, -0.05) is 32.9 Å². The Bertz CT molecular complexity index is 153. The van der Waals surface area contributed by atoms with E-state index in [2.05, 4.69) is 6.58 Å². The van der Waals surface area contributed by atoms with Crippen LogP contribution in [0.25, 0.3) is 0 Å². The first-order valence-electron chi connectivity index (χ1n) is 3.30. The van der Waals surface area contributed by atoms with E-state index < -0.39 is 0 Å². The van der Waals surface area contributed by atoms with Gasteiger partial charge in [-0.3, -0.25) is 4.79 Å². The van der Waals surface area contributed by atoms with E-state index in [0.717, 1.165) is 5.57 Å². The van der Waals surface area contributed by atoms with Crippen LogP contribution < -0.4 is 5.73 Å². The summed E-state index contributed by atoms with van der Waals surface area (Å²) in [4.78, 5) is 10.4. The van der Waals surface area contributed by atoms with Crippen molar-refractivity contribution in [3.63, 3.8) is 0 Å². The Balaban J connectivity index is 3.99. The normalized spacial score (nSPS) is 11.1. The monoisotopic (exact) mass is 141 g/mol. The van der Waals surface area contributed by atoms with Gasteiger partial charge >= 0.3 is 0 Å². The van der Waals surface area contributed by atoms with Gasteiger partial charge in [0, 0.05) is 6.42 Å². The Hall–Kier alpha value is -0.790. The lowest BCUT2D eigenvalue weighted by Crippen LogP contribution is -2.17. The van der Waals surface area contributed by atoms with Crippen LogP contribution in [-0.2, 0) is 4.79 Å². The zero-order chi connectivity index (χ0) is 8.36. The largest absolute Gasteiger partial charge is 0.369 e. The molecule has 0 aromatic heterocycles. The van der Waals surface area contributed by atoms with E-state index in [-0.39, 0.29) is 11.3 Å². The molecule has 0 spiro atoms. The predicted molar refractivity (Wildman–Crippen MR) is 42.4 cm³/mol. The minimum absolute atomic E-state index is 0.00493. The first-order chi connectivity index (χ1) is 4.34. The Morgan fingerprint density at radius 2 is 1.90 bits per heavy atom. The first kappa shape index (κ1) is 9.21. The second kappa shape index (κ2) is 2.86. The van der Waals surface area contributed by atoms with Crippen LogP contribution in [0, 0.1) is 5.41 Å². The summed E-state index contributed by atoms with van der Waals surface area (Å²) in [5, 5.41) is 0. The SMILES string of the molecule is C=C(CC(N)=O)C(C)(C)C. The maximum Gasteiger partial charge on any atom is 0.221 e. The molecular formula is C8H15NO. The topological polar surface area (TPSA) is 43.1 Å². The molecule has 0 aliphatic rings. The Morgan fingerprint density at radius 3 is 2.00 bits per heavy atom. The van der Waals surface area contributed by atoms with Crippen LogP contribution in [0.1, 0.15) is 27.2 Å². The van der Waals surface area contributed by atoms with E-state index in [0.29, 0.717) is 6.42 Å². The minimum atomic E-state index is -0.306. The van der Waals surface area contributed by atoms with Gasteiger partial charge in [-0.25, -0.2) is 0 Å². The van der Waals surface area contributed by atoms with Crippen molar-refractivity contribution >= 4 is 5.91 Å². The predicted octanol–water partition coefficient (Wildman–Crippen LogP) is 1.46. The van der Waals surface area contributed by atoms with E-state index in [1.54, 1.807) is 0 Å². The highest BCUT2D eigenvalue weighted by molar-refractivity contribution is 5.76. The minimum Gasteiger partial charge on any atom is -0.369 e. The van der Waals surface area contributed by atoms with E-state index in [9.17, 15) is 4.79 Å². The third-order valence-corrected chi connectivity index (χ3v) is 1.45. The van der Waals surface area contributed by atoms with E-state index in [1.165, 1.54) is 0 Å². The molecule has 2 nitrogen and oxygen atoms in total. The second-order valence-electron chi connectivity index (χ2n) is 3.50. The van der Waals surface area contributed by atoms with Gasteiger partial charge in [0.25, 0.3) is 0 Å². The van der Waals surface area contributed by atoms with Crippen molar-refractivity contribution in [3.05, 3.63) is 12.2 Å². The fraction of sp³-hybridized carbons (Fsp3) is 0.625. The summed E-state index contributed by atoms with van der Waals surface area (Å²) in [6.45, 7) is 9.80. The smallest absolute Gasteiger partial charge is 0.221 e. The van der Waals surface area contributed by atoms with Crippen LogP contribution in [-0.4, -0.2) is 5.91 Å². The number of carbonyl (C=O) groups is 1. The highest BCUT2D eigenvalue weighted by atomic mass is 16.1. The molecule has 2 heteroatoms. The highest BCUT2D eigenvalue weighted by Crippen LogP contribution is 2.25. The average molecular weight is 141 g/mol. The summed E-state index contributed by atoms with van der Waals surface area (Å²) in [5.74, 6) is -0.306. The first-order valence-corrected chi connectivity index (χ1v) is 3.30. The van der Waals surface area contributed by atoms with Crippen molar-refractivity contribution in [3.8, 4) is 0 Å². The van der Waals surface area contributed by atoms with Crippen LogP contribution in [0.2, 0.25) is 0 Å². The molecule has 0 rings (SSSR count). The molecular weight excluding hydrogens is 126 g/mol. The second-order valence-corrected chi connectivity index (χ2v) is 3.50. The molecule has 0 fully saturated rings. The molecule has 0 radical (unpaired) electrons. The Morgan fingerprint density at radius 1 is 1.50 bits per heavy atom. The summed E-state index contributed by atoms with van der Waals surface area (Å²) in [6, 6.07) is 0. The quantitative estimate of drug-likeness (QED) is 0.581. The molecule has 2 N–H and O–H groups in total. The van der Waals surface area contributed by atoms with Gasteiger partial charge in [0.1, 0.15) is 0 Å². The lowest BCUT2D eigenvalue weighted by atomic mass is 9.86. The summed E-state index contributed by atoms with van der Waals surface area (Å²) < 4.78 is 0. The number of hydrogen-bond donors (Lipinski definition) is 1. The van der Waals surface area contributed by atoms with Gasteiger partial charge < -0.3 is 5.73 Å². The highest BCUT2D eigenvalue weighted by Gasteiger charge is 2.15. The third-order valence-electron chi connectivity index (χ3n) is 1.45. The van der Waals surface area contributed by atoms with Crippen molar-refractivity contribution in [1.29, 1.82) is 0 Å². The Labute approximate surface area is 62.1 Å². The molecule has 0 atom stereocenters. The maximum atomic E-state index is 10.4. The van der Waals surface area contributed by atoms with Crippen molar-refractivity contribution in [1.82, 2.24) is 0 Å². The summed E-state index contributed by atoms with van der Waals surface area (Å²) in [6.07, 6.45) is 0.295. The third kappa shape index (κ3) is 3.28. The summed E-state index contributed by atoms with van der Waals surface area (Å²) >= 11 is 0. The molecule has 0 saturated heterocycles. The standard InChI is InChI=1S/C8H15NO/c1-6(5-7(9)10)8(2,3)4/h1,5H2,2-4H3,(H2,9,10). The van der Waals surface area contributed by atoms with Crippen LogP contribution >= 0.6 is 0 Å². The van der Waals surface area contributed by atoms with Gasteiger partial charge in [0.2, 0.25) is 5.91 Å². The molecule has 0 unspecified atom stereocenters. The zero-order valence-electron chi connectivity index (χ0n) is 6.90. The number of amides is 1.